The summed E-state index contributed by atoms with van der Waals surface area (Å²) in [6, 6.07) is 0. The predicted octanol–water partition coefficient (Wildman–Crippen LogP) is 0.908. The van der Waals surface area contributed by atoms with Gasteiger partial charge in [0.2, 0.25) is 5.91 Å². The summed E-state index contributed by atoms with van der Waals surface area (Å²) in [4.78, 5) is 12.0. The highest BCUT2D eigenvalue weighted by atomic mass is 31.2. The van der Waals surface area contributed by atoms with E-state index in [1.54, 1.807) is 0 Å². The van der Waals surface area contributed by atoms with Crippen LogP contribution in [0, 0.1) is 0 Å². The fraction of sp³-hybridized carbons (Fsp3) is 0.833. The second-order valence-electron chi connectivity index (χ2n) is 2.33. The minimum absolute atomic E-state index is 0.0185. The number of carbonyl (C=O) groups is 1. The standard InChI is InChI=1S/C6H14NO4P/c1-6(8)7(2)5-12(9,10-3)11-4/h5H2,1-4H3. The first-order valence-corrected chi connectivity index (χ1v) is 5.10. The molecule has 0 aromatic heterocycles. The van der Waals surface area contributed by atoms with Gasteiger partial charge in [-0.1, -0.05) is 0 Å². The van der Waals surface area contributed by atoms with E-state index in [2.05, 4.69) is 9.05 Å². The molecule has 0 aliphatic rings. The maximum atomic E-state index is 11.4. The quantitative estimate of drug-likeness (QED) is 0.625. The largest absolute Gasteiger partial charge is 0.349 e. The Kier molecular flexibility index (Phi) is 4.45. The van der Waals surface area contributed by atoms with Crippen molar-refractivity contribution >= 4 is 13.5 Å². The first-order chi connectivity index (χ1) is 5.45. The molecule has 0 rings (SSSR count). The van der Waals surface area contributed by atoms with Crippen molar-refractivity contribution in [2.75, 3.05) is 27.6 Å². The Hall–Kier alpha value is -0.380. The van der Waals surface area contributed by atoms with Gasteiger partial charge < -0.3 is 13.9 Å². The molecule has 1 amide bonds. The van der Waals surface area contributed by atoms with Gasteiger partial charge in [-0.25, -0.2) is 0 Å². The van der Waals surface area contributed by atoms with Gasteiger partial charge in [0, 0.05) is 28.2 Å². The van der Waals surface area contributed by atoms with Gasteiger partial charge in [0.15, 0.2) is 0 Å². The van der Waals surface area contributed by atoms with E-state index >= 15 is 0 Å². The molecule has 0 unspecified atom stereocenters. The van der Waals surface area contributed by atoms with E-state index in [0.717, 1.165) is 0 Å². The minimum Gasteiger partial charge on any atom is -0.334 e. The fourth-order valence-corrected chi connectivity index (χ4v) is 1.65. The zero-order chi connectivity index (χ0) is 9.78. The van der Waals surface area contributed by atoms with Crippen molar-refractivity contribution < 1.29 is 18.4 Å². The average Bonchev–Trinajstić information content (AvgIpc) is 2.04. The monoisotopic (exact) mass is 195 g/mol. The average molecular weight is 195 g/mol. The number of rotatable bonds is 4. The van der Waals surface area contributed by atoms with Crippen LogP contribution >= 0.6 is 7.60 Å². The van der Waals surface area contributed by atoms with E-state index < -0.39 is 7.60 Å². The molecule has 0 heterocycles. The third-order valence-electron chi connectivity index (χ3n) is 1.48. The van der Waals surface area contributed by atoms with Crippen molar-refractivity contribution in [3.05, 3.63) is 0 Å². The molecule has 0 bridgehead atoms. The second kappa shape index (κ2) is 4.60. The lowest BCUT2D eigenvalue weighted by Gasteiger charge is -2.20. The van der Waals surface area contributed by atoms with Crippen molar-refractivity contribution in [3.8, 4) is 0 Å². The number of amides is 1. The molecule has 0 aliphatic carbocycles. The second-order valence-corrected chi connectivity index (χ2v) is 4.57. The zero-order valence-corrected chi connectivity index (χ0v) is 8.63. The fourth-order valence-electron chi connectivity index (χ4n) is 0.549. The topological polar surface area (TPSA) is 55.8 Å². The third-order valence-corrected chi connectivity index (χ3v) is 3.36. The van der Waals surface area contributed by atoms with Crippen molar-refractivity contribution in [2.24, 2.45) is 0 Å². The third kappa shape index (κ3) is 3.34. The molecule has 0 saturated carbocycles. The van der Waals surface area contributed by atoms with Crippen LogP contribution in [0.15, 0.2) is 0 Å². The van der Waals surface area contributed by atoms with Crippen LogP contribution in [0.25, 0.3) is 0 Å². The summed E-state index contributed by atoms with van der Waals surface area (Å²) in [6.07, 6.45) is -0.0185. The summed E-state index contributed by atoms with van der Waals surface area (Å²) in [5.41, 5.74) is 0. The lowest BCUT2D eigenvalue weighted by atomic mass is 10.6. The van der Waals surface area contributed by atoms with Crippen LogP contribution in [-0.4, -0.2) is 38.4 Å². The van der Waals surface area contributed by atoms with E-state index in [1.165, 1.54) is 33.1 Å². The van der Waals surface area contributed by atoms with E-state index in [1.807, 2.05) is 0 Å². The molecule has 0 radical (unpaired) electrons. The van der Waals surface area contributed by atoms with Crippen molar-refractivity contribution in [1.29, 1.82) is 0 Å². The Morgan fingerprint density at radius 1 is 1.42 bits per heavy atom. The predicted molar refractivity (Wildman–Crippen MR) is 44.9 cm³/mol. The normalized spacial score (nSPS) is 11.3. The summed E-state index contributed by atoms with van der Waals surface area (Å²) in [5.74, 6) is -0.177. The van der Waals surface area contributed by atoms with Crippen molar-refractivity contribution in [2.45, 2.75) is 6.92 Å². The molecule has 12 heavy (non-hydrogen) atoms. The highest BCUT2D eigenvalue weighted by Crippen LogP contribution is 2.46. The molecule has 0 aromatic rings. The van der Waals surface area contributed by atoms with E-state index in [4.69, 9.17) is 0 Å². The molecule has 72 valence electrons. The lowest BCUT2D eigenvalue weighted by molar-refractivity contribution is -0.126. The van der Waals surface area contributed by atoms with Crippen molar-refractivity contribution in [3.63, 3.8) is 0 Å². The van der Waals surface area contributed by atoms with E-state index in [-0.39, 0.29) is 12.2 Å². The Labute approximate surface area is 72.2 Å². The maximum Gasteiger partial charge on any atom is 0.349 e. The molecular formula is C6H14NO4P. The lowest BCUT2D eigenvalue weighted by Crippen LogP contribution is -2.25. The Balaban J connectivity index is 4.22. The van der Waals surface area contributed by atoms with E-state index in [0.29, 0.717) is 0 Å². The SMILES string of the molecule is COP(=O)(CN(C)C(C)=O)OC. The first kappa shape index (κ1) is 11.6. The molecule has 0 N–H and O–H groups in total. The van der Waals surface area contributed by atoms with Gasteiger partial charge in [-0.15, -0.1) is 0 Å². The molecule has 0 aliphatic heterocycles. The smallest absolute Gasteiger partial charge is 0.334 e. The van der Waals surface area contributed by atoms with Gasteiger partial charge in [0.05, 0.1) is 0 Å². The highest BCUT2D eigenvalue weighted by molar-refractivity contribution is 7.53. The van der Waals surface area contributed by atoms with Gasteiger partial charge >= 0.3 is 7.60 Å². The van der Waals surface area contributed by atoms with Crippen LogP contribution in [0.2, 0.25) is 0 Å². The number of nitrogens with zero attached hydrogens (tertiary/aromatic N) is 1. The Bertz CT molecular complexity index is 198. The van der Waals surface area contributed by atoms with Crippen molar-refractivity contribution in [1.82, 2.24) is 4.90 Å². The summed E-state index contributed by atoms with van der Waals surface area (Å²) < 4.78 is 20.7. The van der Waals surface area contributed by atoms with Crippen LogP contribution in [0.1, 0.15) is 6.92 Å². The molecule has 0 aromatic carbocycles. The van der Waals surface area contributed by atoms with Crippen LogP contribution in [0.3, 0.4) is 0 Å². The summed E-state index contributed by atoms with van der Waals surface area (Å²) in [7, 11) is 1.03. The number of hydrogen-bond donors (Lipinski definition) is 0. The van der Waals surface area contributed by atoms with Gasteiger partial charge in [0.1, 0.15) is 6.29 Å². The molecule has 0 spiro atoms. The Morgan fingerprint density at radius 3 is 2.08 bits per heavy atom. The van der Waals surface area contributed by atoms with Gasteiger partial charge in [0.25, 0.3) is 0 Å². The number of hydrogen-bond acceptors (Lipinski definition) is 4. The molecule has 0 fully saturated rings. The van der Waals surface area contributed by atoms with Gasteiger partial charge in [-0.05, 0) is 0 Å². The Morgan fingerprint density at radius 2 is 1.83 bits per heavy atom. The molecule has 6 heteroatoms. The van der Waals surface area contributed by atoms with E-state index in [9.17, 15) is 9.36 Å². The van der Waals surface area contributed by atoms with Crippen LogP contribution in [0.4, 0.5) is 0 Å². The van der Waals surface area contributed by atoms with Crippen LogP contribution in [-0.2, 0) is 18.4 Å². The maximum absolute atomic E-state index is 11.4. The van der Waals surface area contributed by atoms with Crippen LogP contribution < -0.4 is 0 Å². The number of carbonyl (C=O) groups excluding carboxylic acids is 1. The summed E-state index contributed by atoms with van der Waals surface area (Å²) >= 11 is 0. The van der Waals surface area contributed by atoms with Gasteiger partial charge in [-0.2, -0.15) is 0 Å². The van der Waals surface area contributed by atoms with Gasteiger partial charge in [-0.3, -0.25) is 9.36 Å². The molecule has 5 nitrogen and oxygen atoms in total. The molecule has 0 atom stereocenters. The highest BCUT2D eigenvalue weighted by Gasteiger charge is 2.24. The zero-order valence-electron chi connectivity index (χ0n) is 7.73. The minimum atomic E-state index is -3.09. The molecular weight excluding hydrogens is 181 g/mol. The summed E-state index contributed by atoms with van der Waals surface area (Å²) in [6.45, 7) is 1.38. The first-order valence-electron chi connectivity index (χ1n) is 3.37. The summed E-state index contributed by atoms with van der Waals surface area (Å²) in [5, 5.41) is 0. The van der Waals surface area contributed by atoms with Crippen LogP contribution in [0.5, 0.6) is 0 Å². The molecule has 0 saturated heterocycles.